The second-order valence-corrected chi connectivity index (χ2v) is 5.66. The summed E-state index contributed by atoms with van der Waals surface area (Å²) in [7, 11) is 0. The van der Waals surface area contributed by atoms with Crippen LogP contribution in [0.2, 0.25) is 0 Å². The number of hydrogen-bond donors (Lipinski definition) is 2. The zero-order chi connectivity index (χ0) is 17.7. The predicted molar refractivity (Wildman–Crippen MR) is 89.4 cm³/mol. The van der Waals surface area contributed by atoms with E-state index >= 15 is 0 Å². The number of carbonyl (C=O) groups is 1. The van der Waals surface area contributed by atoms with Gasteiger partial charge in [-0.3, -0.25) is 0 Å². The van der Waals surface area contributed by atoms with Crippen LogP contribution in [0.25, 0.3) is 0 Å². The summed E-state index contributed by atoms with van der Waals surface area (Å²) >= 11 is 0. The van der Waals surface area contributed by atoms with Crippen molar-refractivity contribution in [2.75, 3.05) is 11.9 Å². The summed E-state index contributed by atoms with van der Waals surface area (Å²) in [6.45, 7) is 5.94. The fraction of sp³-hybridized carbons (Fsp3) is 0.278. The van der Waals surface area contributed by atoms with Crippen LogP contribution in [0.3, 0.4) is 0 Å². The summed E-state index contributed by atoms with van der Waals surface area (Å²) in [6, 6.07) is 7.92. The van der Waals surface area contributed by atoms with Gasteiger partial charge in [0.1, 0.15) is 24.0 Å². The minimum absolute atomic E-state index is 0.0863. The minimum atomic E-state index is -0.829. The molecule has 0 heterocycles. The number of rotatable bonds is 5. The lowest BCUT2D eigenvalue weighted by Crippen LogP contribution is -2.39. The minimum Gasteiger partial charge on any atom is -0.491 e. The van der Waals surface area contributed by atoms with Gasteiger partial charge >= 0.3 is 6.03 Å². The lowest BCUT2D eigenvalue weighted by molar-refractivity contribution is 0.236. The lowest BCUT2D eigenvalue weighted by Gasteiger charge is -2.18. The van der Waals surface area contributed by atoms with Crippen molar-refractivity contribution >= 4 is 11.7 Å². The van der Waals surface area contributed by atoms with Crippen LogP contribution in [0.4, 0.5) is 19.3 Å². The van der Waals surface area contributed by atoms with Gasteiger partial charge in [0.2, 0.25) is 0 Å². The summed E-state index contributed by atoms with van der Waals surface area (Å²) in [5.74, 6) is -0.741. The Morgan fingerprint density at radius 3 is 2.46 bits per heavy atom. The number of ether oxygens (including phenoxy) is 1. The molecule has 2 N–H and O–H groups in total. The molecule has 4 nitrogen and oxygen atoms in total. The fourth-order valence-electron chi connectivity index (χ4n) is 2.25. The number of aryl methyl sites for hydroxylation is 2. The monoisotopic (exact) mass is 334 g/mol. The number of para-hydroxylation sites is 1. The molecule has 0 aliphatic rings. The van der Waals surface area contributed by atoms with Gasteiger partial charge in [0, 0.05) is 6.07 Å². The second-order valence-electron chi connectivity index (χ2n) is 5.66. The Morgan fingerprint density at radius 2 is 1.83 bits per heavy atom. The molecule has 1 atom stereocenters. The Morgan fingerprint density at radius 1 is 1.17 bits per heavy atom. The standard InChI is InChI=1S/C18H20F2N2O2/c1-11-5-4-6-12(2)17(11)24-10-13(3)21-18(23)22-16-8-7-14(19)9-15(16)20/h4-9,13H,10H2,1-3H3,(H2,21,22,23). The molecule has 0 spiro atoms. The van der Waals surface area contributed by atoms with Crippen LogP contribution in [-0.2, 0) is 0 Å². The third-order valence-electron chi connectivity index (χ3n) is 3.44. The summed E-state index contributed by atoms with van der Waals surface area (Å²) < 4.78 is 32.1. The van der Waals surface area contributed by atoms with Gasteiger partial charge in [0.25, 0.3) is 0 Å². The van der Waals surface area contributed by atoms with Crippen LogP contribution >= 0.6 is 0 Å². The summed E-state index contributed by atoms with van der Waals surface area (Å²) in [5, 5.41) is 4.99. The van der Waals surface area contributed by atoms with E-state index in [0.717, 1.165) is 22.9 Å². The van der Waals surface area contributed by atoms with Crippen LogP contribution in [0.1, 0.15) is 18.1 Å². The van der Waals surface area contributed by atoms with Gasteiger partial charge < -0.3 is 15.4 Å². The largest absolute Gasteiger partial charge is 0.491 e. The van der Waals surface area contributed by atoms with Crippen molar-refractivity contribution < 1.29 is 18.3 Å². The van der Waals surface area contributed by atoms with Crippen molar-refractivity contribution in [3.63, 3.8) is 0 Å². The fourth-order valence-corrected chi connectivity index (χ4v) is 2.25. The van der Waals surface area contributed by atoms with Crippen molar-refractivity contribution in [1.82, 2.24) is 5.32 Å². The molecule has 2 aromatic carbocycles. The highest BCUT2D eigenvalue weighted by Gasteiger charge is 2.12. The molecule has 2 rings (SSSR count). The topological polar surface area (TPSA) is 50.4 Å². The summed E-state index contributed by atoms with van der Waals surface area (Å²) in [4.78, 5) is 11.9. The maximum atomic E-state index is 13.5. The zero-order valence-corrected chi connectivity index (χ0v) is 13.8. The Kier molecular flexibility index (Phi) is 5.73. The number of carbonyl (C=O) groups excluding carboxylic acids is 1. The first-order valence-corrected chi connectivity index (χ1v) is 7.58. The molecule has 0 aromatic heterocycles. The van der Waals surface area contributed by atoms with E-state index in [9.17, 15) is 13.6 Å². The van der Waals surface area contributed by atoms with Gasteiger partial charge in [-0.05, 0) is 44.0 Å². The maximum Gasteiger partial charge on any atom is 0.319 e. The van der Waals surface area contributed by atoms with Gasteiger partial charge in [-0.2, -0.15) is 0 Å². The molecule has 2 aromatic rings. The number of hydrogen-bond acceptors (Lipinski definition) is 2. The summed E-state index contributed by atoms with van der Waals surface area (Å²) in [6.07, 6.45) is 0. The van der Waals surface area contributed by atoms with Crippen molar-refractivity contribution in [1.29, 1.82) is 0 Å². The molecule has 0 aliphatic heterocycles. The first kappa shape index (κ1) is 17.7. The van der Waals surface area contributed by atoms with E-state index < -0.39 is 17.7 Å². The van der Waals surface area contributed by atoms with Crippen molar-refractivity contribution in [2.45, 2.75) is 26.8 Å². The molecule has 0 bridgehead atoms. The van der Waals surface area contributed by atoms with E-state index in [4.69, 9.17) is 4.74 Å². The number of benzene rings is 2. The summed E-state index contributed by atoms with van der Waals surface area (Å²) in [5.41, 5.74) is 1.94. The van der Waals surface area contributed by atoms with Crippen LogP contribution in [-0.4, -0.2) is 18.7 Å². The van der Waals surface area contributed by atoms with Gasteiger partial charge in [-0.25, -0.2) is 13.6 Å². The van der Waals surface area contributed by atoms with Gasteiger partial charge in [0.15, 0.2) is 0 Å². The van der Waals surface area contributed by atoms with Crippen molar-refractivity contribution in [3.05, 3.63) is 59.2 Å². The first-order valence-electron chi connectivity index (χ1n) is 7.58. The SMILES string of the molecule is Cc1cccc(C)c1OCC(C)NC(=O)Nc1ccc(F)cc1F. The number of anilines is 1. The molecule has 0 saturated carbocycles. The van der Waals surface area contributed by atoms with E-state index in [1.54, 1.807) is 6.92 Å². The smallest absolute Gasteiger partial charge is 0.319 e. The van der Waals surface area contributed by atoms with E-state index in [-0.39, 0.29) is 18.3 Å². The molecule has 6 heteroatoms. The van der Waals surface area contributed by atoms with Gasteiger partial charge in [-0.15, -0.1) is 0 Å². The maximum absolute atomic E-state index is 13.5. The molecule has 0 fully saturated rings. The Hall–Kier alpha value is -2.63. The average Bonchev–Trinajstić information content (AvgIpc) is 2.49. The number of urea groups is 1. The normalized spacial score (nSPS) is 11.7. The highest BCUT2D eigenvalue weighted by molar-refractivity contribution is 5.89. The first-order chi connectivity index (χ1) is 11.4. The molecule has 2 amide bonds. The number of nitrogens with one attached hydrogen (secondary N) is 2. The number of halogens is 2. The highest BCUT2D eigenvalue weighted by atomic mass is 19.1. The molecule has 0 aliphatic carbocycles. The quantitative estimate of drug-likeness (QED) is 0.862. The van der Waals surface area contributed by atoms with E-state index in [2.05, 4.69) is 10.6 Å². The van der Waals surface area contributed by atoms with Gasteiger partial charge in [-0.1, -0.05) is 18.2 Å². The third-order valence-corrected chi connectivity index (χ3v) is 3.44. The van der Waals surface area contributed by atoms with E-state index in [1.165, 1.54) is 6.07 Å². The van der Waals surface area contributed by atoms with Crippen LogP contribution < -0.4 is 15.4 Å². The Bertz CT molecular complexity index is 715. The molecular formula is C18H20F2N2O2. The zero-order valence-electron chi connectivity index (χ0n) is 13.8. The van der Waals surface area contributed by atoms with Crippen LogP contribution in [0.15, 0.2) is 36.4 Å². The third kappa shape index (κ3) is 4.68. The van der Waals surface area contributed by atoms with Crippen LogP contribution in [0, 0.1) is 25.5 Å². The highest BCUT2D eigenvalue weighted by Crippen LogP contribution is 2.22. The molecular weight excluding hydrogens is 314 g/mol. The molecule has 0 saturated heterocycles. The van der Waals surface area contributed by atoms with Crippen LogP contribution in [0.5, 0.6) is 5.75 Å². The molecule has 0 radical (unpaired) electrons. The number of amides is 2. The van der Waals surface area contributed by atoms with E-state index in [1.807, 2.05) is 32.0 Å². The van der Waals surface area contributed by atoms with E-state index in [0.29, 0.717) is 6.07 Å². The lowest BCUT2D eigenvalue weighted by atomic mass is 10.1. The second kappa shape index (κ2) is 7.77. The Labute approximate surface area is 139 Å². The Balaban J connectivity index is 1.87. The van der Waals surface area contributed by atoms with Crippen molar-refractivity contribution in [3.8, 4) is 5.75 Å². The predicted octanol–water partition coefficient (Wildman–Crippen LogP) is 4.17. The molecule has 128 valence electrons. The van der Waals surface area contributed by atoms with Gasteiger partial charge in [0.05, 0.1) is 11.7 Å². The molecule has 24 heavy (non-hydrogen) atoms. The van der Waals surface area contributed by atoms with Crippen molar-refractivity contribution in [2.24, 2.45) is 0 Å². The average molecular weight is 334 g/mol. The molecule has 1 unspecified atom stereocenters.